The predicted molar refractivity (Wildman–Crippen MR) is 117 cm³/mol. The minimum absolute atomic E-state index is 0.0343. The lowest BCUT2D eigenvalue weighted by atomic mass is 9.87. The summed E-state index contributed by atoms with van der Waals surface area (Å²) in [6, 6.07) is 11.8. The number of fused-ring (bicyclic) bond motifs is 1. The van der Waals surface area contributed by atoms with Gasteiger partial charge in [-0.1, -0.05) is 23.4 Å². The third-order valence-electron chi connectivity index (χ3n) is 6.17. The Hall–Kier alpha value is -3.76. The number of nitrogens with zero attached hydrogens (tertiary/aromatic N) is 5. The zero-order valence-corrected chi connectivity index (χ0v) is 19.3. The van der Waals surface area contributed by atoms with Gasteiger partial charge in [-0.25, -0.2) is 4.39 Å². The molecule has 35 heavy (non-hydrogen) atoms. The Labute approximate surface area is 197 Å². The number of aromatic nitrogens is 5. The summed E-state index contributed by atoms with van der Waals surface area (Å²) in [7, 11) is 0. The van der Waals surface area contributed by atoms with Crippen LogP contribution in [0.15, 0.2) is 53.1 Å². The molecule has 5 rings (SSSR count). The molecule has 2 aromatic heterocycles. The summed E-state index contributed by atoms with van der Waals surface area (Å²) >= 11 is 0. The lowest BCUT2D eigenvalue weighted by Gasteiger charge is -2.45. The molecular formula is C24H21F4N5O2. The Bertz CT molecular complexity index is 1390. The standard InChI is InChI=1S/C24H21F4N5O2/c1-13-23(4,20-31-30-19(33(13)20)16-7-5-6-8-17(16)24(26,27)28)34-15-11-9-14(10-12-15)18-29-21(35-32-18)22(2,3)25/h5-13H,1-4H3. The first-order chi connectivity index (χ1) is 16.4. The fourth-order valence-electron chi connectivity index (χ4n) is 4.10. The van der Waals surface area contributed by atoms with Crippen LogP contribution < -0.4 is 4.74 Å². The first-order valence-electron chi connectivity index (χ1n) is 10.8. The van der Waals surface area contributed by atoms with Crippen LogP contribution in [0.25, 0.3) is 22.8 Å². The summed E-state index contributed by atoms with van der Waals surface area (Å²) in [5.41, 5.74) is -2.85. The van der Waals surface area contributed by atoms with Gasteiger partial charge in [-0.2, -0.15) is 18.2 Å². The van der Waals surface area contributed by atoms with Gasteiger partial charge >= 0.3 is 6.18 Å². The maximum Gasteiger partial charge on any atom is 0.417 e. The molecule has 2 aromatic carbocycles. The van der Waals surface area contributed by atoms with Gasteiger partial charge in [-0.3, -0.25) is 0 Å². The highest BCUT2D eigenvalue weighted by molar-refractivity contribution is 5.63. The van der Waals surface area contributed by atoms with E-state index in [1.54, 1.807) is 28.8 Å². The van der Waals surface area contributed by atoms with E-state index in [0.29, 0.717) is 17.1 Å². The SMILES string of the molecule is CC1n2c(-c3ccccc3C(F)(F)F)nnc2C1(C)Oc1ccc(-c2noc(C(C)(C)F)n2)cc1. The Kier molecular flexibility index (Phi) is 5.01. The second-order valence-corrected chi connectivity index (χ2v) is 9.07. The van der Waals surface area contributed by atoms with Crippen LogP contribution in [0.4, 0.5) is 17.6 Å². The summed E-state index contributed by atoms with van der Waals surface area (Å²) in [5.74, 6) is 1.19. The van der Waals surface area contributed by atoms with E-state index in [4.69, 9.17) is 9.26 Å². The first kappa shape index (κ1) is 23.0. The molecule has 4 aromatic rings. The molecule has 0 fully saturated rings. The van der Waals surface area contributed by atoms with Crippen molar-refractivity contribution in [2.45, 2.75) is 51.2 Å². The molecule has 0 spiro atoms. The van der Waals surface area contributed by atoms with E-state index in [1.807, 2.05) is 13.8 Å². The molecule has 1 aliphatic rings. The largest absolute Gasteiger partial charge is 0.477 e. The van der Waals surface area contributed by atoms with Crippen molar-refractivity contribution in [3.05, 3.63) is 65.8 Å². The van der Waals surface area contributed by atoms with Crippen molar-refractivity contribution in [3.63, 3.8) is 0 Å². The molecule has 7 nitrogen and oxygen atoms in total. The second-order valence-electron chi connectivity index (χ2n) is 9.07. The maximum absolute atomic E-state index is 14.0. The molecule has 2 unspecified atom stereocenters. The molecule has 0 amide bonds. The highest BCUT2D eigenvalue weighted by atomic mass is 19.4. The third-order valence-corrected chi connectivity index (χ3v) is 6.17. The van der Waals surface area contributed by atoms with Gasteiger partial charge in [-0.05, 0) is 58.0 Å². The highest BCUT2D eigenvalue weighted by Gasteiger charge is 2.53. The molecule has 3 heterocycles. The molecule has 0 aliphatic carbocycles. The number of hydrogen-bond acceptors (Lipinski definition) is 6. The van der Waals surface area contributed by atoms with Crippen molar-refractivity contribution in [3.8, 4) is 28.5 Å². The predicted octanol–water partition coefficient (Wildman–Crippen LogP) is 6.09. The van der Waals surface area contributed by atoms with Crippen LogP contribution in [-0.2, 0) is 17.4 Å². The fraction of sp³-hybridized carbons (Fsp3) is 0.333. The number of halogens is 4. The van der Waals surface area contributed by atoms with Crippen molar-refractivity contribution in [1.82, 2.24) is 24.9 Å². The van der Waals surface area contributed by atoms with Gasteiger partial charge in [0.15, 0.2) is 22.9 Å². The normalized spacial score (nSPS) is 19.8. The van der Waals surface area contributed by atoms with Crippen molar-refractivity contribution in [2.24, 2.45) is 0 Å². The van der Waals surface area contributed by atoms with Gasteiger partial charge in [0.05, 0.1) is 11.6 Å². The summed E-state index contributed by atoms with van der Waals surface area (Å²) in [6.45, 7) is 6.30. The summed E-state index contributed by atoms with van der Waals surface area (Å²) < 4.78 is 67.4. The number of ether oxygens (including phenoxy) is 1. The monoisotopic (exact) mass is 487 g/mol. The smallest absolute Gasteiger partial charge is 0.417 e. The van der Waals surface area contributed by atoms with Crippen LogP contribution >= 0.6 is 0 Å². The number of rotatable bonds is 5. The van der Waals surface area contributed by atoms with Crippen LogP contribution in [-0.4, -0.2) is 24.9 Å². The summed E-state index contributed by atoms with van der Waals surface area (Å²) in [4.78, 5) is 4.09. The lowest BCUT2D eigenvalue weighted by Crippen LogP contribution is -2.50. The summed E-state index contributed by atoms with van der Waals surface area (Å²) in [5, 5.41) is 12.0. The Morgan fingerprint density at radius 1 is 1.00 bits per heavy atom. The minimum Gasteiger partial charge on any atom is -0.477 e. The zero-order valence-electron chi connectivity index (χ0n) is 19.3. The van der Waals surface area contributed by atoms with Crippen LogP contribution in [0.2, 0.25) is 0 Å². The van der Waals surface area contributed by atoms with E-state index in [2.05, 4.69) is 20.3 Å². The zero-order chi connectivity index (χ0) is 25.2. The average Bonchev–Trinajstić information content (AvgIpc) is 3.45. The van der Waals surface area contributed by atoms with Gasteiger partial charge in [0.2, 0.25) is 5.82 Å². The Morgan fingerprint density at radius 2 is 1.69 bits per heavy atom. The Balaban J connectivity index is 1.40. The molecule has 182 valence electrons. The second kappa shape index (κ2) is 7.62. The van der Waals surface area contributed by atoms with E-state index < -0.39 is 23.0 Å². The van der Waals surface area contributed by atoms with E-state index in [-0.39, 0.29) is 29.1 Å². The molecule has 0 radical (unpaired) electrons. The number of benzene rings is 2. The van der Waals surface area contributed by atoms with Crippen LogP contribution in [0.5, 0.6) is 5.75 Å². The van der Waals surface area contributed by atoms with Gasteiger partial charge in [-0.15, -0.1) is 10.2 Å². The Morgan fingerprint density at radius 3 is 2.31 bits per heavy atom. The maximum atomic E-state index is 14.0. The van der Waals surface area contributed by atoms with Gasteiger partial charge < -0.3 is 13.8 Å². The third kappa shape index (κ3) is 3.75. The molecular weight excluding hydrogens is 466 g/mol. The van der Waals surface area contributed by atoms with E-state index in [0.717, 1.165) is 6.07 Å². The van der Waals surface area contributed by atoms with E-state index in [9.17, 15) is 17.6 Å². The molecule has 2 atom stereocenters. The molecule has 0 bridgehead atoms. The minimum atomic E-state index is -4.52. The van der Waals surface area contributed by atoms with Crippen molar-refractivity contribution >= 4 is 0 Å². The van der Waals surface area contributed by atoms with Gasteiger partial charge in [0.1, 0.15) is 5.75 Å². The lowest BCUT2D eigenvalue weighted by molar-refractivity contribution is -0.137. The molecule has 1 aliphatic heterocycles. The number of hydrogen-bond donors (Lipinski definition) is 0. The van der Waals surface area contributed by atoms with Gasteiger partial charge in [0, 0.05) is 11.1 Å². The fourth-order valence-corrected chi connectivity index (χ4v) is 4.10. The summed E-state index contributed by atoms with van der Waals surface area (Å²) in [6.07, 6.45) is -4.52. The van der Waals surface area contributed by atoms with Crippen LogP contribution in [0.3, 0.4) is 0 Å². The average molecular weight is 487 g/mol. The molecule has 0 saturated carbocycles. The molecule has 11 heteroatoms. The van der Waals surface area contributed by atoms with Crippen molar-refractivity contribution < 1.29 is 26.8 Å². The topological polar surface area (TPSA) is 78.9 Å². The number of alkyl halides is 4. The van der Waals surface area contributed by atoms with Crippen LogP contribution in [0.1, 0.15) is 51.0 Å². The van der Waals surface area contributed by atoms with Crippen LogP contribution in [0, 0.1) is 0 Å². The van der Waals surface area contributed by atoms with E-state index in [1.165, 1.54) is 32.0 Å². The quantitative estimate of drug-likeness (QED) is 0.317. The molecule has 0 N–H and O–H groups in total. The highest BCUT2D eigenvalue weighted by Crippen LogP contribution is 2.49. The first-order valence-corrected chi connectivity index (χ1v) is 10.8. The van der Waals surface area contributed by atoms with Gasteiger partial charge in [0.25, 0.3) is 5.89 Å². The van der Waals surface area contributed by atoms with Crippen molar-refractivity contribution in [1.29, 1.82) is 0 Å². The van der Waals surface area contributed by atoms with E-state index >= 15 is 0 Å². The molecule has 0 saturated heterocycles. The van der Waals surface area contributed by atoms with Crippen molar-refractivity contribution in [2.75, 3.05) is 0 Å².